The molecule has 0 atom stereocenters. The Labute approximate surface area is 133 Å². The van der Waals surface area contributed by atoms with Gasteiger partial charge in [0.15, 0.2) is 0 Å². The largest absolute Gasteiger partial charge is 0.495 e. The molecule has 1 fully saturated rings. The number of halogens is 1. The first-order chi connectivity index (χ1) is 11.0. The maximum Gasteiger partial charge on any atom is 0.337 e. The number of carbonyl (C=O) groups excluding carboxylic acids is 2. The van der Waals surface area contributed by atoms with E-state index in [0.717, 1.165) is 12.8 Å². The minimum Gasteiger partial charge on any atom is -0.495 e. The lowest BCUT2D eigenvalue weighted by atomic mass is 10.1. The van der Waals surface area contributed by atoms with Gasteiger partial charge in [-0.3, -0.25) is 14.2 Å². The lowest BCUT2D eigenvalue weighted by Crippen LogP contribution is -2.17. The number of amides is 1. The second kappa shape index (κ2) is 7.21. The standard InChI is InChI=1S/C16H19FN2O4/c1-22-13-7-11(15(21)23-2)3-4-12(13)19-14(20)8-18-10-16(9-17)5-6-16/h3-4,7,10H,5-6,8-9H2,1-2H3,(H,19,20). The van der Waals surface area contributed by atoms with Crippen LogP contribution in [0.5, 0.6) is 5.75 Å². The molecule has 1 aliphatic carbocycles. The Bertz CT molecular complexity index is 627. The van der Waals surface area contributed by atoms with Gasteiger partial charge in [-0.1, -0.05) is 0 Å². The van der Waals surface area contributed by atoms with Crippen LogP contribution in [-0.4, -0.2) is 45.5 Å². The van der Waals surface area contributed by atoms with Crippen LogP contribution >= 0.6 is 0 Å². The molecule has 1 aromatic carbocycles. The summed E-state index contributed by atoms with van der Waals surface area (Å²) in [5.41, 5.74) is 0.297. The van der Waals surface area contributed by atoms with Crippen molar-refractivity contribution in [2.45, 2.75) is 12.8 Å². The number of hydrogen-bond acceptors (Lipinski definition) is 5. The van der Waals surface area contributed by atoms with Crippen molar-refractivity contribution in [1.82, 2.24) is 0 Å². The lowest BCUT2D eigenvalue weighted by Gasteiger charge is -2.11. The molecule has 1 aromatic rings. The van der Waals surface area contributed by atoms with Crippen LogP contribution in [0.15, 0.2) is 23.2 Å². The van der Waals surface area contributed by atoms with Gasteiger partial charge in [0, 0.05) is 11.6 Å². The highest BCUT2D eigenvalue weighted by molar-refractivity contribution is 5.96. The first-order valence-electron chi connectivity index (χ1n) is 7.17. The van der Waals surface area contributed by atoms with E-state index in [2.05, 4.69) is 15.0 Å². The van der Waals surface area contributed by atoms with Gasteiger partial charge in [-0.25, -0.2) is 4.79 Å². The smallest absolute Gasteiger partial charge is 0.337 e. The summed E-state index contributed by atoms with van der Waals surface area (Å²) in [4.78, 5) is 27.3. The van der Waals surface area contributed by atoms with Gasteiger partial charge in [0.25, 0.3) is 0 Å². The molecule has 1 amide bonds. The molecular weight excluding hydrogens is 303 g/mol. The van der Waals surface area contributed by atoms with E-state index < -0.39 is 18.1 Å². The van der Waals surface area contributed by atoms with Crippen LogP contribution in [0.2, 0.25) is 0 Å². The molecule has 1 N–H and O–H groups in total. The predicted molar refractivity (Wildman–Crippen MR) is 84.0 cm³/mol. The van der Waals surface area contributed by atoms with Gasteiger partial charge in [-0.05, 0) is 31.0 Å². The number of rotatable bonds is 7. The van der Waals surface area contributed by atoms with Crippen LogP contribution in [0.25, 0.3) is 0 Å². The van der Waals surface area contributed by atoms with Gasteiger partial charge in [0.05, 0.1) is 32.1 Å². The highest BCUT2D eigenvalue weighted by Gasteiger charge is 2.41. The summed E-state index contributed by atoms with van der Waals surface area (Å²) in [5, 5.41) is 2.65. The minimum atomic E-state index is -0.494. The van der Waals surface area contributed by atoms with Crippen molar-refractivity contribution in [3.8, 4) is 5.75 Å². The molecule has 1 aliphatic rings. The zero-order valence-corrected chi connectivity index (χ0v) is 13.1. The number of methoxy groups -OCH3 is 2. The van der Waals surface area contributed by atoms with E-state index >= 15 is 0 Å². The Balaban J connectivity index is 1.98. The Morgan fingerprint density at radius 3 is 2.70 bits per heavy atom. The van der Waals surface area contributed by atoms with Crippen molar-refractivity contribution in [1.29, 1.82) is 0 Å². The molecule has 0 heterocycles. The Morgan fingerprint density at radius 2 is 2.13 bits per heavy atom. The Hall–Kier alpha value is -2.44. The molecule has 0 saturated heterocycles. The van der Waals surface area contributed by atoms with Crippen LogP contribution in [0.3, 0.4) is 0 Å². The highest BCUT2D eigenvalue weighted by Crippen LogP contribution is 2.44. The van der Waals surface area contributed by atoms with Crippen LogP contribution in [0, 0.1) is 5.41 Å². The average Bonchev–Trinajstić information content (AvgIpc) is 3.34. The van der Waals surface area contributed by atoms with E-state index in [1.807, 2.05) is 0 Å². The number of aliphatic imine (C=N–C) groups is 1. The summed E-state index contributed by atoms with van der Waals surface area (Å²) in [6.07, 6.45) is 3.08. The topological polar surface area (TPSA) is 77.0 Å². The lowest BCUT2D eigenvalue weighted by molar-refractivity contribution is -0.114. The van der Waals surface area contributed by atoms with Gasteiger partial charge in [0.2, 0.25) is 5.91 Å². The third-order valence-electron chi connectivity index (χ3n) is 3.66. The van der Waals surface area contributed by atoms with E-state index in [9.17, 15) is 14.0 Å². The van der Waals surface area contributed by atoms with Crippen molar-refractivity contribution in [3.05, 3.63) is 23.8 Å². The maximum absolute atomic E-state index is 12.7. The molecule has 23 heavy (non-hydrogen) atoms. The van der Waals surface area contributed by atoms with E-state index in [0.29, 0.717) is 17.0 Å². The Morgan fingerprint density at radius 1 is 1.39 bits per heavy atom. The number of carbonyl (C=O) groups is 2. The summed E-state index contributed by atoms with van der Waals surface area (Å²) in [7, 11) is 2.72. The number of anilines is 1. The normalized spacial score (nSPS) is 15.3. The maximum atomic E-state index is 12.7. The highest BCUT2D eigenvalue weighted by atomic mass is 19.1. The molecule has 0 spiro atoms. The predicted octanol–water partition coefficient (Wildman–Crippen LogP) is 2.24. The van der Waals surface area contributed by atoms with E-state index in [1.165, 1.54) is 32.6 Å². The van der Waals surface area contributed by atoms with Crippen LogP contribution in [0.4, 0.5) is 10.1 Å². The molecular formula is C16H19FN2O4. The fraction of sp³-hybridized carbons (Fsp3) is 0.438. The average molecular weight is 322 g/mol. The molecule has 0 unspecified atom stereocenters. The fourth-order valence-electron chi connectivity index (χ4n) is 2.01. The summed E-state index contributed by atoms with van der Waals surface area (Å²) < 4.78 is 22.5. The van der Waals surface area contributed by atoms with Gasteiger partial charge < -0.3 is 14.8 Å². The van der Waals surface area contributed by atoms with E-state index in [-0.39, 0.29) is 12.5 Å². The minimum absolute atomic E-state index is 0.0936. The summed E-state index contributed by atoms with van der Waals surface area (Å²) in [5.74, 6) is -0.501. The number of nitrogens with one attached hydrogen (secondary N) is 1. The van der Waals surface area contributed by atoms with E-state index in [1.54, 1.807) is 6.07 Å². The molecule has 1 saturated carbocycles. The monoisotopic (exact) mass is 322 g/mol. The molecule has 6 nitrogen and oxygen atoms in total. The zero-order chi connectivity index (χ0) is 16.9. The summed E-state index contributed by atoms with van der Waals surface area (Å²) >= 11 is 0. The molecule has 7 heteroatoms. The molecule has 0 bridgehead atoms. The third-order valence-corrected chi connectivity index (χ3v) is 3.66. The number of alkyl halides is 1. The number of ether oxygens (including phenoxy) is 2. The van der Waals surface area contributed by atoms with E-state index in [4.69, 9.17) is 4.74 Å². The van der Waals surface area contributed by atoms with Gasteiger partial charge in [-0.2, -0.15) is 0 Å². The van der Waals surface area contributed by atoms with Crippen molar-refractivity contribution >= 4 is 23.8 Å². The van der Waals surface area contributed by atoms with Crippen molar-refractivity contribution in [2.24, 2.45) is 10.4 Å². The van der Waals surface area contributed by atoms with Crippen molar-refractivity contribution in [3.63, 3.8) is 0 Å². The summed E-state index contributed by atoms with van der Waals surface area (Å²) in [6.45, 7) is -0.537. The second-order valence-corrected chi connectivity index (χ2v) is 5.42. The van der Waals surface area contributed by atoms with Crippen LogP contribution in [0.1, 0.15) is 23.2 Å². The molecule has 0 radical (unpaired) electrons. The fourth-order valence-corrected chi connectivity index (χ4v) is 2.01. The van der Waals surface area contributed by atoms with Gasteiger partial charge in [-0.15, -0.1) is 0 Å². The van der Waals surface area contributed by atoms with Crippen molar-refractivity contribution in [2.75, 3.05) is 32.8 Å². The third kappa shape index (κ3) is 4.28. The van der Waals surface area contributed by atoms with Crippen LogP contribution < -0.4 is 10.1 Å². The number of benzene rings is 1. The Kier molecular flexibility index (Phi) is 5.31. The second-order valence-electron chi connectivity index (χ2n) is 5.42. The van der Waals surface area contributed by atoms with Gasteiger partial charge in [0.1, 0.15) is 12.3 Å². The first kappa shape index (κ1) is 16.9. The number of esters is 1. The first-order valence-corrected chi connectivity index (χ1v) is 7.17. The summed E-state index contributed by atoms with van der Waals surface area (Å²) in [6, 6.07) is 4.55. The molecule has 124 valence electrons. The SMILES string of the molecule is COC(=O)c1ccc(NC(=O)CN=CC2(CF)CC2)c(OC)c1. The van der Waals surface area contributed by atoms with Crippen molar-refractivity contribution < 1.29 is 23.5 Å². The zero-order valence-electron chi connectivity index (χ0n) is 13.1. The number of hydrogen-bond donors (Lipinski definition) is 1. The van der Waals surface area contributed by atoms with Gasteiger partial charge >= 0.3 is 5.97 Å². The quantitative estimate of drug-likeness (QED) is 0.617. The molecule has 0 aliphatic heterocycles. The molecule has 2 rings (SSSR count). The number of nitrogens with zero attached hydrogens (tertiary/aromatic N) is 1. The van der Waals surface area contributed by atoms with Crippen LogP contribution in [-0.2, 0) is 9.53 Å². The molecule has 0 aromatic heterocycles.